The fourth-order valence-electron chi connectivity index (χ4n) is 1.29. The molecule has 2 rings (SSSR count). The molecule has 0 aromatic heterocycles. The number of aryl methyl sites for hydroxylation is 1. The van der Waals surface area contributed by atoms with Crippen molar-refractivity contribution in [2.45, 2.75) is 11.8 Å². The summed E-state index contributed by atoms with van der Waals surface area (Å²) < 4.78 is 25.3. The smallest absolute Gasteiger partial charge is 0.243 e. The van der Waals surface area contributed by atoms with Gasteiger partial charge in [0.05, 0.1) is 11.4 Å². The van der Waals surface area contributed by atoms with Gasteiger partial charge in [-0.2, -0.15) is 4.99 Å². The summed E-state index contributed by atoms with van der Waals surface area (Å²) in [4.78, 5) is 3.89. The van der Waals surface area contributed by atoms with Gasteiger partial charge in [0.1, 0.15) is 6.34 Å². The summed E-state index contributed by atoms with van der Waals surface area (Å²) in [5, 5.41) is 0. The van der Waals surface area contributed by atoms with Gasteiger partial charge in [-0.25, -0.2) is 12.7 Å². The van der Waals surface area contributed by atoms with Gasteiger partial charge in [-0.3, -0.25) is 0 Å². The maximum atomic E-state index is 12.1. The van der Waals surface area contributed by atoms with Crippen molar-refractivity contribution in [3.63, 3.8) is 0 Å². The van der Waals surface area contributed by atoms with Crippen LogP contribution in [0.5, 0.6) is 0 Å². The molecular formula is C11H10N2O2S. The van der Waals surface area contributed by atoms with Crippen molar-refractivity contribution in [2.75, 3.05) is 6.54 Å². The molecule has 0 spiro atoms. The number of aliphatic imine (C=N–C) groups is 1. The topological polar surface area (TPSA) is 49.7 Å². The molecule has 4 nitrogen and oxygen atoms in total. The van der Waals surface area contributed by atoms with E-state index in [1.807, 2.05) is 6.92 Å². The number of hydrogen-bond acceptors (Lipinski definition) is 3. The van der Waals surface area contributed by atoms with E-state index in [9.17, 15) is 8.42 Å². The largest absolute Gasteiger partial charge is 0.265 e. The van der Waals surface area contributed by atoms with Gasteiger partial charge in [-0.15, -0.1) is 0 Å². The molecule has 0 N–H and O–H groups in total. The van der Waals surface area contributed by atoms with Crippen molar-refractivity contribution in [1.82, 2.24) is 4.31 Å². The first-order valence-corrected chi connectivity index (χ1v) is 6.14. The van der Waals surface area contributed by atoms with Crippen LogP contribution < -0.4 is 0 Å². The number of sulfonamides is 1. The molecule has 0 saturated carbocycles. The van der Waals surface area contributed by atoms with Crippen LogP contribution in [-0.2, 0) is 10.0 Å². The van der Waals surface area contributed by atoms with Crippen molar-refractivity contribution in [2.24, 2.45) is 4.99 Å². The van der Waals surface area contributed by atoms with Crippen molar-refractivity contribution in [1.29, 1.82) is 0 Å². The van der Waals surface area contributed by atoms with Crippen LogP contribution in [0.3, 0.4) is 0 Å². The molecule has 0 fully saturated rings. The lowest BCUT2D eigenvalue weighted by atomic mass is 10.2. The predicted octanol–water partition coefficient (Wildman–Crippen LogP) is 0.989. The van der Waals surface area contributed by atoms with Gasteiger partial charge in [0.25, 0.3) is 10.0 Å². The summed E-state index contributed by atoms with van der Waals surface area (Å²) in [6, 6.07) is 9.16. The number of hydrogen-bond donors (Lipinski definition) is 0. The quantitative estimate of drug-likeness (QED) is 0.716. The second kappa shape index (κ2) is 3.99. The van der Waals surface area contributed by atoms with Gasteiger partial charge in [0.2, 0.25) is 0 Å². The summed E-state index contributed by atoms with van der Waals surface area (Å²) in [5.41, 5.74) is 1.02. The van der Waals surface area contributed by atoms with E-state index in [2.05, 4.69) is 17.0 Å². The van der Waals surface area contributed by atoms with E-state index < -0.39 is 10.0 Å². The Hall–Kier alpha value is -1.80. The zero-order chi connectivity index (χ0) is 11.6. The standard InChI is InChI=1S/C11H10N2O2S/c1-10-3-5-11(6-4-10)16(14,15)13-8-2-7-12-9-13/h3-6,9H,8H2,1H3. The van der Waals surface area contributed by atoms with Crippen LogP contribution in [0.2, 0.25) is 0 Å². The van der Waals surface area contributed by atoms with E-state index in [0.717, 1.165) is 9.87 Å². The lowest BCUT2D eigenvalue weighted by molar-refractivity contribution is 0.545. The van der Waals surface area contributed by atoms with E-state index in [1.165, 1.54) is 6.34 Å². The second-order valence-corrected chi connectivity index (χ2v) is 5.29. The second-order valence-electron chi connectivity index (χ2n) is 3.40. The molecule has 0 saturated heterocycles. The molecule has 0 unspecified atom stereocenters. The van der Waals surface area contributed by atoms with Crippen LogP contribution in [0, 0.1) is 18.9 Å². The molecule has 0 bridgehead atoms. The highest BCUT2D eigenvalue weighted by atomic mass is 32.2. The Bertz CT molecular complexity index is 577. The average Bonchev–Trinajstić information content (AvgIpc) is 2.31. The Labute approximate surface area is 94.7 Å². The van der Waals surface area contributed by atoms with Crippen molar-refractivity contribution >= 4 is 16.4 Å². The van der Waals surface area contributed by atoms with Gasteiger partial charge in [0.15, 0.2) is 0 Å². The lowest BCUT2D eigenvalue weighted by Gasteiger charge is -2.17. The van der Waals surface area contributed by atoms with Crippen LogP contribution in [0.25, 0.3) is 0 Å². The summed E-state index contributed by atoms with van der Waals surface area (Å²) in [5.74, 6) is 2.62. The Balaban J connectivity index is 2.37. The maximum Gasteiger partial charge on any atom is 0.265 e. The number of benzene rings is 1. The molecule has 82 valence electrons. The maximum absolute atomic E-state index is 12.1. The molecule has 16 heavy (non-hydrogen) atoms. The zero-order valence-electron chi connectivity index (χ0n) is 8.71. The summed E-state index contributed by atoms with van der Waals surface area (Å²) in [6.07, 6.45) is 1.24. The zero-order valence-corrected chi connectivity index (χ0v) is 9.53. The summed E-state index contributed by atoms with van der Waals surface area (Å²) in [6.45, 7) is 2.06. The normalized spacial score (nSPS) is 14.4. The number of rotatable bonds is 2. The van der Waals surface area contributed by atoms with Crippen LogP contribution in [0.1, 0.15) is 5.56 Å². The Morgan fingerprint density at radius 1 is 1.31 bits per heavy atom. The average molecular weight is 234 g/mol. The lowest BCUT2D eigenvalue weighted by Crippen LogP contribution is -2.31. The monoisotopic (exact) mass is 234 g/mol. The molecule has 1 aromatic rings. The first-order valence-electron chi connectivity index (χ1n) is 4.70. The van der Waals surface area contributed by atoms with E-state index >= 15 is 0 Å². The van der Waals surface area contributed by atoms with E-state index in [0.29, 0.717) is 0 Å². The van der Waals surface area contributed by atoms with Crippen LogP contribution in [0.4, 0.5) is 0 Å². The minimum Gasteiger partial charge on any atom is -0.243 e. The van der Waals surface area contributed by atoms with Crippen molar-refractivity contribution in [3.8, 4) is 12.0 Å². The van der Waals surface area contributed by atoms with Crippen LogP contribution in [0.15, 0.2) is 34.2 Å². The minimum atomic E-state index is -3.50. The molecule has 1 heterocycles. The third-order valence-corrected chi connectivity index (χ3v) is 3.90. The molecule has 0 aliphatic carbocycles. The Morgan fingerprint density at radius 2 is 2.00 bits per heavy atom. The minimum absolute atomic E-state index is 0.152. The predicted molar refractivity (Wildman–Crippen MR) is 61.3 cm³/mol. The molecule has 5 heteroatoms. The molecule has 0 radical (unpaired) electrons. The van der Waals surface area contributed by atoms with Gasteiger partial charge >= 0.3 is 0 Å². The Morgan fingerprint density at radius 3 is 2.56 bits per heavy atom. The van der Waals surface area contributed by atoms with Gasteiger partial charge in [0, 0.05) is 6.04 Å². The first kappa shape index (κ1) is 10.7. The summed E-state index contributed by atoms with van der Waals surface area (Å²) in [7, 11) is -3.50. The van der Waals surface area contributed by atoms with Crippen molar-refractivity contribution in [3.05, 3.63) is 29.8 Å². The number of nitrogens with zero attached hydrogens (tertiary/aromatic N) is 2. The SMILES string of the molecule is Cc1ccc(S(=O)(=O)N2C=NC#CC2)cc1. The van der Waals surface area contributed by atoms with Crippen LogP contribution in [-0.4, -0.2) is 25.6 Å². The highest BCUT2D eigenvalue weighted by Gasteiger charge is 2.21. The molecule has 1 aliphatic heterocycles. The van der Waals surface area contributed by atoms with E-state index in [1.54, 1.807) is 24.3 Å². The first-order chi connectivity index (χ1) is 7.60. The molecule has 1 aliphatic rings. The third kappa shape index (κ3) is 1.92. The Kier molecular flexibility index (Phi) is 2.67. The van der Waals surface area contributed by atoms with E-state index in [4.69, 9.17) is 0 Å². The third-order valence-electron chi connectivity index (χ3n) is 2.19. The van der Waals surface area contributed by atoms with Gasteiger partial charge in [-0.05, 0) is 19.1 Å². The molecule has 1 aromatic carbocycles. The molecular weight excluding hydrogens is 224 g/mol. The van der Waals surface area contributed by atoms with Gasteiger partial charge in [-0.1, -0.05) is 23.6 Å². The van der Waals surface area contributed by atoms with E-state index in [-0.39, 0.29) is 11.4 Å². The highest BCUT2D eigenvalue weighted by Crippen LogP contribution is 2.15. The van der Waals surface area contributed by atoms with Gasteiger partial charge < -0.3 is 0 Å². The molecule has 0 atom stereocenters. The van der Waals surface area contributed by atoms with Crippen LogP contribution >= 0.6 is 0 Å². The highest BCUT2D eigenvalue weighted by molar-refractivity contribution is 7.89. The summed E-state index contributed by atoms with van der Waals surface area (Å²) >= 11 is 0. The molecule has 0 amide bonds. The van der Waals surface area contributed by atoms with Crippen molar-refractivity contribution < 1.29 is 8.42 Å². The fraction of sp³-hybridized carbons (Fsp3) is 0.182. The fourth-order valence-corrected chi connectivity index (χ4v) is 2.44.